The third kappa shape index (κ3) is 4.51. The summed E-state index contributed by atoms with van der Waals surface area (Å²) >= 11 is 0. The number of nitrogens with zero attached hydrogens (tertiary/aromatic N) is 7. The van der Waals surface area contributed by atoms with Crippen molar-refractivity contribution in [2.24, 2.45) is 0 Å². The Bertz CT molecular complexity index is 1420. The Morgan fingerprint density at radius 3 is 2.33 bits per heavy atom. The van der Waals surface area contributed by atoms with Gasteiger partial charge in [-0.3, -0.25) is 9.69 Å². The van der Waals surface area contributed by atoms with Crippen molar-refractivity contribution in [3.63, 3.8) is 0 Å². The maximum absolute atomic E-state index is 12.9. The molecule has 0 radical (unpaired) electrons. The van der Waals surface area contributed by atoms with E-state index in [1.807, 2.05) is 50.8 Å². The van der Waals surface area contributed by atoms with Crippen LogP contribution in [0.4, 0.5) is 5.82 Å². The number of aryl methyl sites for hydroxylation is 2. The van der Waals surface area contributed by atoms with Gasteiger partial charge in [-0.1, -0.05) is 55.5 Å². The molecule has 36 heavy (non-hydrogen) atoms. The lowest BCUT2D eigenvalue weighted by Gasteiger charge is -2.29. The van der Waals surface area contributed by atoms with E-state index in [0.717, 1.165) is 45.7 Å². The van der Waals surface area contributed by atoms with Crippen LogP contribution < -0.4 is 4.90 Å². The molecular formula is C28H31N7O. The molecule has 0 unspecified atom stereocenters. The van der Waals surface area contributed by atoms with E-state index in [0.29, 0.717) is 31.0 Å². The van der Waals surface area contributed by atoms with Crippen molar-refractivity contribution in [3.05, 3.63) is 71.2 Å². The molecule has 3 heterocycles. The van der Waals surface area contributed by atoms with Crippen molar-refractivity contribution in [3.8, 4) is 22.5 Å². The molecule has 8 nitrogen and oxygen atoms in total. The lowest BCUT2D eigenvalue weighted by molar-refractivity contribution is -0.119. The second-order valence-corrected chi connectivity index (χ2v) is 10.2. The van der Waals surface area contributed by atoms with E-state index in [1.165, 1.54) is 0 Å². The second kappa shape index (κ2) is 9.26. The van der Waals surface area contributed by atoms with Crippen LogP contribution in [0, 0.1) is 6.92 Å². The summed E-state index contributed by atoms with van der Waals surface area (Å²) in [5.41, 5.74) is 5.96. The van der Waals surface area contributed by atoms with Crippen LogP contribution >= 0.6 is 0 Å². The van der Waals surface area contributed by atoms with Crippen LogP contribution in [-0.2, 0) is 29.7 Å². The molecule has 0 aliphatic carbocycles. The van der Waals surface area contributed by atoms with E-state index in [4.69, 9.17) is 0 Å². The van der Waals surface area contributed by atoms with E-state index in [1.54, 1.807) is 4.80 Å². The highest BCUT2D eigenvalue weighted by Gasteiger charge is 2.28. The van der Waals surface area contributed by atoms with E-state index in [2.05, 4.69) is 62.6 Å². The molecule has 0 saturated carbocycles. The van der Waals surface area contributed by atoms with E-state index < -0.39 is 0 Å². The number of anilines is 1. The number of hydrogen-bond acceptors (Lipinski definition) is 6. The molecule has 0 bridgehead atoms. The average molecular weight is 482 g/mol. The fourth-order valence-corrected chi connectivity index (χ4v) is 4.57. The first-order valence-corrected chi connectivity index (χ1v) is 12.4. The molecule has 1 aliphatic rings. The van der Waals surface area contributed by atoms with Crippen molar-refractivity contribution >= 4 is 11.7 Å². The van der Waals surface area contributed by atoms with Crippen molar-refractivity contribution < 1.29 is 4.79 Å². The van der Waals surface area contributed by atoms with E-state index in [-0.39, 0.29) is 11.4 Å². The van der Waals surface area contributed by atoms with Crippen molar-refractivity contribution in [1.29, 1.82) is 0 Å². The maximum atomic E-state index is 12.9. The summed E-state index contributed by atoms with van der Waals surface area (Å²) in [6.07, 6.45) is 2.03. The van der Waals surface area contributed by atoms with Crippen LogP contribution in [0.1, 0.15) is 56.8 Å². The standard InChI is InChI=1S/C28H31N7O/c1-6-24-23-15-16-25(36)34(27(23)30-18(2)29-24)17-19-11-13-20(14-12-19)21-9-7-8-10-22(21)26-31-33-35(32-26)28(3,4)5/h7-14H,6,15-17H2,1-5H3. The Hall–Kier alpha value is -3.94. The molecule has 2 aromatic heterocycles. The molecule has 1 amide bonds. The zero-order chi connectivity index (χ0) is 25.4. The largest absolute Gasteiger partial charge is 0.292 e. The van der Waals surface area contributed by atoms with Gasteiger partial charge in [-0.2, -0.15) is 4.80 Å². The van der Waals surface area contributed by atoms with Gasteiger partial charge < -0.3 is 0 Å². The molecule has 0 spiro atoms. The van der Waals surface area contributed by atoms with E-state index >= 15 is 0 Å². The Labute approximate surface area is 211 Å². The Morgan fingerprint density at radius 2 is 1.67 bits per heavy atom. The summed E-state index contributed by atoms with van der Waals surface area (Å²) in [7, 11) is 0. The van der Waals surface area contributed by atoms with Crippen LogP contribution in [-0.4, -0.2) is 36.1 Å². The highest BCUT2D eigenvalue weighted by atomic mass is 16.2. The molecule has 0 N–H and O–H groups in total. The third-order valence-electron chi connectivity index (χ3n) is 6.45. The topological polar surface area (TPSA) is 89.7 Å². The smallest absolute Gasteiger partial charge is 0.228 e. The molecular weight excluding hydrogens is 450 g/mol. The predicted molar refractivity (Wildman–Crippen MR) is 139 cm³/mol. The van der Waals surface area contributed by atoms with Gasteiger partial charge in [0.25, 0.3) is 0 Å². The van der Waals surface area contributed by atoms with Gasteiger partial charge in [0.1, 0.15) is 11.6 Å². The maximum Gasteiger partial charge on any atom is 0.228 e. The van der Waals surface area contributed by atoms with Gasteiger partial charge in [0.2, 0.25) is 11.7 Å². The lowest BCUT2D eigenvalue weighted by atomic mass is 9.97. The van der Waals surface area contributed by atoms with E-state index in [9.17, 15) is 4.79 Å². The van der Waals surface area contributed by atoms with Gasteiger partial charge in [0, 0.05) is 23.2 Å². The molecule has 8 heteroatoms. The number of carbonyl (C=O) groups excluding carboxylic acids is 1. The van der Waals surface area contributed by atoms with Gasteiger partial charge in [-0.05, 0) is 62.4 Å². The molecule has 4 aromatic rings. The summed E-state index contributed by atoms with van der Waals surface area (Å²) in [5, 5.41) is 13.2. The van der Waals surface area contributed by atoms with Crippen LogP contribution in [0.3, 0.4) is 0 Å². The minimum Gasteiger partial charge on any atom is -0.292 e. The average Bonchev–Trinajstić information content (AvgIpc) is 3.37. The first-order chi connectivity index (χ1) is 17.2. The summed E-state index contributed by atoms with van der Waals surface area (Å²) in [6.45, 7) is 10.6. The number of amides is 1. The van der Waals surface area contributed by atoms with Crippen molar-refractivity contribution in [1.82, 2.24) is 30.2 Å². The molecule has 0 atom stereocenters. The van der Waals surface area contributed by atoms with Gasteiger partial charge in [0.05, 0.1) is 12.1 Å². The van der Waals surface area contributed by atoms with Crippen LogP contribution in [0.2, 0.25) is 0 Å². The number of aromatic nitrogens is 6. The number of hydrogen-bond donors (Lipinski definition) is 0. The fourth-order valence-electron chi connectivity index (χ4n) is 4.57. The van der Waals surface area contributed by atoms with Crippen molar-refractivity contribution in [2.75, 3.05) is 4.90 Å². The molecule has 184 valence electrons. The molecule has 0 fully saturated rings. The van der Waals surface area contributed by atoms with Crippen LogP contribution in [0.25, 0.3) is 22.5 Å². The summed E-state index contributed by atoms with van der Waals surface area (Å²) in [4.78, 5) is 25.6. The first kappa shape index (κ1) is 23.8. The van der Waals surface area contributed by atoms with Crippen molar-refractivity contribution in [2.45, 2.75) is 66.0 Å². The zero-order valence-corrected chi connectivity index (χ0v) is 21.5. The Kier molecular flexibility index (Phi) is 6.12. The van der Waals surface area contributed by atoms with Crippen LogP contribution in [0.5, 0.6) is 0 Å². The predicted octanol–water partition coefficient (Wildman–Crippen LogP) is 4.90. The molecule has 0 saturated heterocycles. The van der Waals surface area contributed by atoms with Gasteiger partial charge in [0.15, 0.2) is 0 Å². The quantitative estimate of drug-likeness (QED) is 0.403. The minimum atomic E-state index is -0.242. The Balaban J connectivity index is 1.44. The number of carbonyl (C=O) groups is 1. The number of tetrazole rings is 1. The highest BCUT2D eigenvalue weighted by molar-refractivity contribution is 5.95. The van der Waals surface area contributed by atoms with Crippen LogP contribution in [0.15, 0.2) is 48.5 Å². The summed E-state index contributed by atoms with van der Waals surface area (Å²) in [5.74, 6) is 2.17. The molecule has 1 aliphatic heterocycles. The minimum absolute atomic E-state index is 0.102. The third-order valence-corrected chi connectivity index (χ3v) is 6.45. The fraction of sp³-hybridized carbons (Fsp3) is 0.357. The normalized spacial score (nSPS) is 13.7. The first-order valence-electron chi connectivity index (χ1n) is 12.4. The second-order valence-electron chi connectivity index (χ2n) is 10.2. The number of benzene rings is 2. The highest BCUT2D eigenvalue weighted by Crippen LogP contribution is 2.32. The Morgan fingerprint density at radius 1 is 0.944 bits per heavy atom. The summed E-state index contributed by atoms with van der Waals surface area (Å²) < 4.78 is 0. The van der Waals surface area contributed by atoms with Gasteiger partial charge >= 0.3 is 0 Å². The lowest BCUT2D eigenvalue weighted by Crippen LogP contribution is -2.36. The van der Waals surface area contributed by atoms with Gasteiger partial charge in [-0.15, -0.1) is 10.2 Å². The zero-order valence-electron chi connectivity index (χ0n) is 21.5. The number of fused-ring (bicyclic) bond motifs is 1. The summed E-state index contributed by atoms with van der Waals surface area (Å²) in [6, 6.07) is 16.4. The molecule has 5 rings (SSSR count). The SMILES string of the molecule is CCc1nc(C)nc2c1CCC(=O)N2Cc1ccc(-c2ccccc2-c2nnn(C(C)(C)C)n2)cc1. The van der Waals surface area contributed by atoms with Gasteiger partial charge in [-0.25, -0.2) is 9.97 Å². The molecule has 2 aromatic carbocycles. The monoisotopic (exact) mass is 481 g/mol. The number of rotatable bonds is 5.